The summed E-state index contributed by atoms with van der Waals surface area (Å²) in [5, 5.41) is 7.97. The van der Waals surface area contributed by atoms with E-state index in [1.165, 1.54) is 0 Å². The summed E-state index contributed by atoms with van der Waals surface area (Å²) in [6, 6.07) is 10.0. The van der Waals surface area contributed by atoms with Crippen molar-refractivity contribution in [2.75, 3.05) is 13.7 Å². The molecule has 0 aliphatic heterocycles. The number of benzene rings is 1. The topological polar surface area (TPSA) is 39.9 Å². The van der Waals surface area contributed by atoms with Crippen LogP contribution in [0.5, 0.6) is 0 Å². The molecule has 0 aliphatic rings. The summed E-state index contributed by atoms with van der Waals surface area (Å²) in [6.07, 6.45) is 2.49. The van der Waals surface area contributed by atoms with Gasteiger partial charge in [0.05, 0.1) is 6.61 Å². The lowest BCUT2D eigenvalue weighted by atomic mass is 10.3. The van der Waals surface area contributed by atoms with Gasteiger partial charge in [0.1, 0.15) is 12.2 Å². The van der Waals surface area contributed by atoms with Gasteiger partial charge in [-0.25, -0.2) is 0 Å². The molecule has 4 nitrogen and oxygen atoms in total. The molecule has 2 rings (SSSR count). The second kappa shape index (κ2) is 4.70. The fourth-order valence-electron chi connectivity index (χ4n) is 1.43. The van der Waals surface area contributed by atoms with E-state index >= 15 is 0 Å². The molecule has 0 unspecified atom stereocenters. The SMILES string of the molecule is COCCc1nncn1-c1ccccc1. The van der Waals surface area contributed by atoms with E-state index in [0.717, 1.165) is 17.9 Å². The van der Waals surface area contributed by atoms with Crippen molar-refractivity contribution in [1.29, 1.82) is 0 Å². The number of rotatable bonds is 4. The van der Waals surface area contributed by atoms with Gasteiger partial charge in [0, 0.05) is 19.2 Å². The van der Waals surface area contributed by atoms with Crippen LogP contribution in [-0.2, 0) is 11.2 Å². The Morgan fingerprint density at radius 1 is 1.27 bits per heavy atom. The van der Waals surface area contributed by atoms with Crippen molar-refractivity contribution >= 4 is 0 Å². The minimum absolute atomic E-state index is 0.658. The number of hydrogen-bond acceptors (Lipinski definition) is 3. The standard InChI is InChI=1S/C11H13N3O/c1-15-8-7-11-13-12-9-14(11)10-5-3-2-4-6-10/h2-6,9H,7-8H2,1H3. The van der Waals surface area contributed by atoms with Crippen molar-refractivity contribution in [3.8, 4) is 5.69 Å². The Labute approximate surface area is 88.5 Å². The van der Waals surface area contributed by atoms with E-state index in [4.69, 9.17) is 4.74 Å². The first-order valence-electron chi connectivity index (χ1n) is 4.85. The van der Waals surface area contributed by atoms with Gasteiger partial charge in [-0.3, -0.25) is 4.57 Å². The molecule has 0 amide bonds. The molecule has 2 aromatic rings. The molecule has 0 bridgehead atoms. The molecule has 4 heteroatoms. The van der Waals surface area contributed by atoms with Crippen LogP contribution in [0.2, 0.25) is 0 Å². The van der Waals surface area contributed by atoms with Gasteiger partial charge in [0.2, 0.25) is 0 Å². The molecule has 0 saturated carbocycles. The van der Waals surface area contributed by atoms with Gasteiger partial charge >= 0.3 is 0 Å². The van der Waals surface area contributed by atoms with Crippen LogP contribution in [0.15, 0.2) is 36.7 Å². The predicted octanol–water partition coefficient (Wildman–Crippen LogP) is 1.46. The van der Waals surface area contributed by atoms with E-state index in [9.17, 15) is 0 Å². The maximum Gasteiger partial charge on any atom is 0.139 e. The van der Waals surface area contributed by atoms with Crippen molar-refractivity contribution in [2.45, 2.75) is 6.42 Å². The van der Waals surface area contributed by atoms with Crippen molar-refractivity contribution in [3.63, 3.8) is 0 Å². The molecule has 1 aromatic carbocycles. The zero-order valence-corrected chi connectivity index (χ0v) is 8.63. The van der Waals surface area contributed by atoms with Gasteiger partial charge in [-0.2, -0.15) is 0 Å². The zero-order valence-electron chi connectivity index (χ0n) is 8.63. The normalized spacial score (nSPS) is 10.5. The smallest absolute Gasteiger partial charge is 0.139 e. The van der Waals surface area contributed by atoms with E-state index in [0.29, 0.717) is 6.61 Å². The summed E-state index contributed by atoms with van der Waals surface area (Å²) >= 11 is 0. The molecular formula is C11H13N3O. The van der Waals surface area contributed by atoms with Crippen LogP contribution in [-0.4, -0.2) is 28.5 Å². The lowest BCUT2D eigenvalue weighted by Crippen LogP contribution is -2.04. The summed E-state index contributed by atoms with van der Waals surface area (Å²) in [5.41, 5.74) is 1.08. The first kappa shape index (κ1) is 9.86. The average molecular weight is 203 g/mol. The van der Waals surface area contributed by atoms with Gasteiger partial charge in [-0.05, 0) is 12.1 Å². The molecule has 0 spiro atoms. The number of nitrogens with zero attached hydrogens (tertiary/aromatic N) is 3. The summed E-state index contributed by atoms with van der Waals surface area (Å²) < 4.78 is 7.00. The molecule has 0 saturated heterocycles. The van der Waals surface area contributed by atoms with Crippen molar-refractivity contribution in [3.05, 3.63) is 42.5 Å². The van der Waals surface area contributed by atoms with Crippen molar-refractivity contribution in [1.82, 2.24) is 14.8 Å². The van der Waals surface area contributed by atoms with Gasteiger partial charge in [-0.15, -0.1) is 10.2 Å². The third kappa shape index (κ3) is 2.22. The Balaban J connectivity index is 2.25. The Hall–Kier alpha value is -1.68. The van der Waals surface area contributed by atoms with Crippen LogP contribution in [0.3, 0.4) is 0 Å². The highest BCUT2D eigenvalue weighted by Gasteiger charge is 2.04. The minimum Gasteiger partial charge on any atom is -0.384 e. The summed E-state index contributed by atoms with van der Waals surface area (Å²) in [7, 11) is 1.68. The first-order valence-corrected chi connectivity index (χ1v) is 4.85. The summed E-state index contributed by atoms with van der Waals surface area (Å²) in [5.74, 6) is 0.919. The molecule has 1 aromatic heterocycles. The maximum atomic E-state index is 5.02. The van der Waals surface area contributed by atoms with Gasteiger partial charge in [0.15, 0.2) is 0 Å². The lowest BCUT2D eigenvalue weighted by Gasteiger charge is -2.05. The predicted molar refractivity (Wildman–Crippen MR) is 56.9 cm³/mol. The Morgan fingerprint density at radius 3 is 2.80 bits per heavy atom. The quantitative estimate of drug-likeness (QED) is 0.755. The number of hydrogen-bond donors (Lipinski definition) is 0. The number of ether oxygens (including phenoxy) is 1. The fourth-order valence-corrected chi connectivity index (χ4v) is 1.43. The summed E-state index contributed by atoms with van der Waals surface area (Å²) in [6.45, 7) is 0.658. The number of methoxy groups -OCH3 is 1. The third-order valence-corrected chi connectivity index (χ3v) is 2.18. The fraction of sp³-hybridized carbons (Fsp3) is 0.273. The van der Waals surface area contributed by atoms with Crippen LogP contribution in [0.25, 0.3) is 5.69 Å². The van der Waals surface area contributed by atoms with Gasteiger partial charge in [0.25, 0.3) is 0 Å². The van der Waals surface area contributed by atoms with E-state index in [1.54, 1.807) is 13.4 Å². The molecule has 1 heterocycles. The third-order valence-electron chi connectivity index (χ3n) is 2.18. The molecular weight excluding hydrogens is 190 g/mol. The van der Waals surface area contributed by atoms with E-state index in [1.807, 2.05) is 34.9 Å². The first-order chi connectivity index (χ1) is 7.42. The number of aromatic nitrogens is 3. The molecule has 15 heavy (non-hydrogen) atoms. The van der Waals surface area contributed by atoms with Crippen molar-refractivity contribution < 1.29 is 4.74 Å². The van der Waals surface area contributed by atoms with Crippen molar-refractivity contribution in [2.24, 2.45) is 0 Å². The van der Waals surface area contributed by atoms with Gasteiger partial charge < -0.3 is 4.74 Å². The number of para-hydroxylation sites is 1. The second-order valence-electron chi connectivity index (χ2n) is 3.20. The molecule has 0 atom stereocenters. The Morgan fingerprint density at radius 2 is 2.07 bits per heavy atom. The average Bonchev–Trinajstić information content (AvgIpc) is 2.75. The maximum absolute atomic E-state index is 5.02. The minimum atomic E-state index is 0.658. The summed E-state index contributed by atoms with van der Waals surface area (Å²) in [4.78, 5) is 0. The monoisotopic (exact) mass is 203 g/mol. The highest BCUT2D eigenvalue weighted by Crippen LogP contribution is 2.08. The lowest BCUT2D eigenvalue weighted by molar-refractivity contribution is 0.200. The zero-order chi connectivity index (χ0) is 10.5. The molecule has 0 fully saturated rings. The highest BCUT2D eigenvalue weighted by molar-refractivity contribution is 5.31. The molecule has 0 radical (unpaired) electrons. The van der Waals surface area contributed by atoms with Crippen LogP contribution >= 0.6 is 0 Å². The highest BCUT2D eigenvalue weighted by atomic mass is 16.5. The van der Waals surface area contributed by atoms with E-state index in [2.05, 4.69) is 10.2 Å². The molecule has 78 valence electrons. The van der Waals surface area contributed by atoms with E-state index in [-0.39, 0.29) is 0 Å². The van der Waals surface area contributed by atoms with E-state index < -0.39 is 0 Å². The molecule has 0 N–H and O–H groups in total. The second-order valence-corrected chi connectivity index (χ2v) is 3.20. The largest absolute Gasteiger partial charge is 0.384 e. The van der Waals surface area contributed by atoms with Crippen LogP contribution in [0, 0.1) is 0 Å². The van der Waals surface area contributed by atoms with Gasteiger partial charge in [-0.1, -0.05) is 18.2 Å². The van der Waals surface area contributed by atoms with Crippen LogP contribution < -0.4 is 0 Å². The Bertz CT molecular complexity index is 411. The van der Waals surface area contributed by atoms with Crippen LogP contribution in [0.1, 0.15) is 5.82 Å². The van der Waals surface area contributed by atoms with Crippen LogP contribution in [0.4, 0.5) is 0 Å². The molecule has 0 aliphatic carbocycles. The Kier molecular flexibility index (Phi) is 3.09.